The van der Waals surface area contributed by atoms with Crippen LogP contribution in [0.5, 0.6) is 0 Å². The summed E-state index contributed by atoms with van der Waals surface area (Å²) in [5.41, 5.74) is 8.52. The van der Waals surface area contributed by atoms with Crippen LogP contribution in [0.4, 0.5) is 0 Å². The minimum Gasteiger partial charge on any atom is -0.327 e. The van der Waals surface area contributed by atoms with Gasteiger partial charge < -0.3 is 5.73 Å². The van der Waals surface area contributed by atoms with Crippen LogP contribution in [-0.2, 0) is 0 Å². The summed E-state index contributed by atoms with van der Waals surface area (Å²) in [4.78, 5) is 12.9. The Kier molecular flexibility index (Phi) is 3.10. The molecule has 0 aliphatic heterocycles. The summed E-state index contributed by atoms with van der Waals surface area (Å²) in [5, 5.41) is 0. The Bertz CT molecular complexity index is 483. The molecule has 0 saturated carbocycles. The number of hydrogen-bond donors (Lipinski definition) is 1. The van der Waals surface area contributed by atoms with Crippen LogP contribution < -0.4 is 5.73 Å². The molecule has 0 fully saturated rings. The highest BCUT2D eigenvalue weighted by molar-refractivity contribution is 5.68. The summed E-state index contributed by atoms with van der Waals surface area (Å²) in [6, 6.07) is 4.07. The maximum absolute atomic E-state index is 6.02. The Balaban J connectivity index is 2.39. The van der Waals surface area contributed by atoms with E-state index in [-0.39, 0.29) is 12.0 Å². The molecule has 0 saturated heterocycles. The van der Waals surface area contributed by atoms with Crippen LogP contribution in [0.15, 0.2) is 24.5 Å². The maximum atomic E-state index is 6.02. The molecule has 4 heteroatoms. The lowest BCUT2D eigenvalue weighted by Crippen LogP contribution is -2.26. The monoisotopic (exact) mass is 216 g/mol. The third kappa shape index (κ3) is 2.02. The Morgan fingerprint density at radius 3 is 2.75 bits per heavy atom. The van der Waals surface area contributed by atoms with E-state index in [9.17, 15) is 0 Å². The van der Waals surface area contributed by atoms with Crippen LogP contribution in [0.3, 0.4) is 0 Å². The number of aromatic nitrogens is 3. The molecule has 0 aliphatic rings. The minimum absolute atomic E-state index is 0.140. The van der Waals surface area contributed by atoms with Crippen molar-refractivity contribution in [2.75, 3.05) is 0 Å². The number of rotatable bonds is 3. The first kappa shape index (κ1) is 11.0. The van der Waals surface area contributed by atoms with Crippen LogP contribution in [0.2, 0.25) is 0 Å². The Morgan fingerprint density at radius 2 is 2.00 bits per heavy atom. The van der Waals surface area contributed by atoms with Crippen molar-refractivity contribution in [2.24, 2.45) is 5.73 Å². The van der Waals surface area contributed by atoms with E-state index in [1.807, 2.05) is 12.1 Å². The van der Waals surface area contributed by atoms with E-state index in [1.165, 1.54) is 0 Å². The molecule has 2 rings (SSSR count). The number of nitrogens with zero attached hydrogens (tertiary/aromatic N) is 3. The quantitative estimate of drug-likeness (QED) is 0.850. The predicted molar refractivity (Wildman–Crippen MR) is 64.0 cm³/mol. The first-order chi connectivity index (χ1) is 7.72. The second-order valence-corrected chi connectivity index (χ2v) is 4.00. The van der Waals surface area contributed by atoms with Crippen LogP contribution in [0.25, 0.3) is 11.2 Å². The zero-order valence-electron chi connectivity index (χ0n) is 9.59. The highest BCUT2D eigenvalue weighted by atomic mass is 14.9. The third-order valence-electron chi connectivity index (χ3n) is 2.93. The van der Waals surface area contributed by atoms with Gasteiger partial charge in [-0.2, -0.15) is 0 Å². The first-order valence-electron chi connectivity index (χ1n) is 5.55. The summed E-state index contributed by atoms with van der Waals surface area (Å²) in [6.45, 7) is 4.18. The molecular formula is C12H16N4. The van der Waals surface area contributed by atoms with Crippen LogP contribution in [0, 0.1) is 0 Å². The van der Waals surface area contributed by atoms with E-state index in [4.69, 9.17) is 5.73 Å². The van der Waals surface area contributed by atoms with Gasteiger partial charge in [-0.05, 0) is 18.6 Å². The number of hydrogen-bond acceptors (Lipinski definition) is 4. The molecule has 2 aromatic heterocycles. The van der Waals surface area contributed by atoms with Gasteiger partial charge in [0.1, 0.15) is 5.52 Å². The largest absolute Gasteiger partial charge is 0.327 e. The van der Waals surface area contributed by atoms with Gasteiger partial charge in [0, 0.05) is 30.0 Å². The van der Waals surface area contributed by atoms with Crippen molar-refractivity contribution in [3.8, 4) is 0 Å². The topological polar surface area (TPSA) is 64.7 Å². The summed E-state index contributed by atoms with van der Waals surface area (Å²) in [6.07, 6.45) is 4.27. The summed E-state index contributed by atoms with van der Waals surface area (Å²) in [7, 11) is 0. The van der Waals surface area contributed by atoms with E-state index in [2.05, 4.69) is 28.8 Å². The van der Waals surface area contributed by atoms with Gasteiger partial charge in [0.2, 0.25) is 0 Å². The molecule has 2 heterocycles. The van der Waals surface area contributed by atoms with Crippen LogP contribution in [0.1, 0.15) is 31.9 Å². The minimum atomic E-state index is 0.140. The molecule has 84 valence electrons. The number of nitrogens with two attached hydrogens (primary N) is 1. The van der Waals surface area contributed by atoms with Crippen molar-refractivity contribution in [3.63, 3.8) is 0 Å². The van der Waals surface area contributed by atoms with E-state index < -0.39 is 0 Å². The molecule has 0 bridgehead atoms. The standard InChI is InChI=1S/C12H16N4/c1-3-9(13)8(2)10-4-5-11-12(16-10)15-7-6-14-11/h4-9H,3,13H2,1-2H3. The zero-order chi connectivity index (χ0) is 11.5. The van der Waals surface area contributed by atoms with Crippen molar-refractivity contribution < 1.29 is 0 Å². The normalized spacial score (nSPS) is 14.9. The molecule has 2 unspecified atom stereocenters. The second-order valence-electron chi connectivity index (χ2n) is 4.00. The van der Waals surface area contributed by atoms with Gasteiger partial charge >= 0.3 is 0 Å². The van der Waals surface area contributed by atoms with Gasteiger partial charge in [0.25, 0.3) is 0 Å². The molecular weight excluding hydrogens is 200 g/mol. The Morgan fingerprint density at radius 1 is 1.25 bits per heavy atom. The number of pyridine rings is 1. The average molecular weight is 216 g/mol. The van der Waals surface area contributed by atoms with Crippen molar-refractivity contribution in [3.05, 3.63) is 30.2 Å². The Hall–Kier alpha value is -1.55. The van der Waals surface area contributed by atoms with E-state index in [1.54, 1.807) is 12.4 Å². The van der Waals surface area contributed by atoms with Gasteiger partial charge in [0.15, 0.2) is 5.65 Å². The van der Waals surface area contributed by atoms with Crippen molar-refractivity contribution >= 4 is 11.2 Å². The average Bonchev–Trinajstić information content (AvgIpc) is 2.36. The summed E-state index contributed by atoms with van der Waals surface area (Å²) < 4.78 is 0. The predicted octanol–water partition coefficient (Wildman–Crippen LogP) is 1.87. The zero-order valence-corrected chi connectivity index (χ0v) is 9.59. The molecule has 0 aliphatic carbocycles. The lowest BCUT2D eigenvalue weighted by molar-refractivity contribution is 0.542. The highest BCUT2D eigenvalue weighted by Gasteiger charge is 2.14. The van der Waals surface area contributed by atoms with Gasteiger partial charge in [-0.3, -0.25) is 4.98 Å². The van der Waals surface area contributed by atoms with E-state index >= 15 is 0 Å². The van der Waals surface area contributed by atoms with Crippen molar-refractivity contribution in [2.45, 2.75) is 32.2 Å². The first-order valence-corrected chi connectivity index (χ1v) is 5.55. The van der Waals surface area contributed by atoms with E-state index in [0.717, 1.165) is 17.6 Å². The molecule has 0 spiro atoms. The van der Waals surface area contributed by atoms with Crippen LogP contribution >= 0.6 is 0 Å². The van der Waals surface area contributed by atoms with Crippen molar-refractivity contribution in [1.82, 2.24) is 15.0 Å². The molecule has 16 heavy (non-hydrogen) atoms. The highest BCUT2D eigenvalue weighted by Crippen LogP contribution is 2.19. The summed E-state index contributed by atoms with van der Waals surface area (Å²) in [5.74, 6) is 0.247. The third-order valence-corrected chi connectivity index (χ3v) is 2.93. The number of fused-ring (bicyclic) bond motifs is 1. The molecule has 2 aromatic rings. The molecule has 4 nitrogen and oxygen atoms in total. The maximum Gasteiger partial charge on any atom is 0.178 e. The summed E-state index contributed by atoms with van der Waals surface area (Å²) >= 11 is 0. The fraction of sp³-hybridized carbons (Fsp3) is 0.417. The van der Waals surface area contributed by atoms with Crippen LogP contribution in [-0.4, -0.2) is 21.0 Å². The van der Waals surface area contributed by atoms with Gasteiger partial charge in [-0.25, -0.2) is 9.97 Å². The lowest BCUT2D eigenvalue weighted by Gasteiger charge is -2.17. The molecule has 0 aromatic carbocycles. The fourth-order valence-electron chi connectivity index (χ4n) is 1.70. The van der Waals surface area contributed by atoms with E-state index in [0.29, 0.717) is 5.65 Å². The lowest BCUT2D eigenvalue weighted by atomic mass is 9.96. The smallest absolute Gasteiger partial charge is 0.178 e. The Labute approximate surface area is 94.9 Å². The van der Waals surface area contributed by atoms with Gasteiger partial charge in [0.05, 0.1) is 0 Å². The van der Waals surface area contributed by atoms with Gasteiger partial charge in [-0.15, -0.1) is 0 Å². The fourth-order valence-corrected chi connectivity index (χ4v) is 1.70. The second kappa shape index (κ2) is 4.53. The molecule has 2 atom stereocenters. The SMILES string of the molecule is CCC(N)C(C)c1ccc2nccnc2n1. The van der Waals surface area contributed by atoms with Gasteiger partial charge in [-0.1, -0.05) is 13.8 Å². The molecule has 2 N–H and O–H groups in total. The molecule has 0 radical (unpaired) electrons. The van der Waals surface area contributed by atoms with Crippen molar-refractivity contribution in [1.29, 1.82) is 0 Å². The molecule has 0 amide bonds.